The first kappa shape index (κ1) is 24.9. The number of methoxy groups -OCH3 is 1. The number of benzene rings is 1. The van der Waals surface area contributed by atoms with Crippen molar-refractivity contribution < 1.29 is 23.9 Å². The van der Waals surface area contributed by atoms with Gasteiger partial charge in [-0.15, -0.1) is 11.3 Å². The number of hydrogen-bond donors (Lipinski definition) is 3. The van der Waals surface area contributed by atoms with Crippen LogP contribution >= 0.6 is 22.9 Å². The quantitative estimate of drug-likeness (QED) is 0.420. The van der Waals surface area contributed by atoms with Crippen LogP contribution in [0, 0.1) is 0 Å². The van der Waals surface area contributed by atoms with Gasteiger partial charge in [0.2, 0.25) is 11.8 Å². The summed E-state index contributed by atoms with van der Waals surface area (Å²) in [6, 6.07) is 5.34. The molecule has 0 spiro atoms. The third kappa shape index (κ3) is 4.69. The first-order chi connectivity index (χ1) is 17.6. The lowest BCUT2D eigenvalue weighted by Crippen LogP contribution is -2.52. The van der Waals surface area contributed by atoms with E-state index >= 15 is 0 Å². The van der Waals surface area contributed by atoms with Gasteiger partial charge in [-0.25, -0.2) is 14.8 Å². The second-order valence-electron chi connectivity index (χ2n) is 9.27. The van der Waals surface area contributed by atoms with Crippen molar-refractivity contribution in [1.82, 2.24) is 25.5 Å². The molecule has 0 saturated carbocycles. The van der Waals surface area contributed by atoms with E-state index in [0.29, 0.717) is 32.6 Å². The predicted octanol–water partition coefficient (Wildman–Crippen LogP) is 3.17. The van der Waals surface area contributed by atoms with Crippen LogP contribution in [0.2, 0.25) is 5.02 Å². The lowest BCUT2D eigenvalue weighted by atomic mass is 10.0. The smallest absolute Gasteiger partial charge is 0.321 e. The van der Waals surface area contributed by atoms with Gasteiger partial charge in [0.25, 0.3) is 5.91 Å². The van der Waals surface area contributed by atoms with Crippen molar-refractivity contribution in [3.63, 3.8) is 0 Å². The number of piperidine rings is 1. The van der Waals surface area contributed by atoms with Gasteiger partial charge in [-0.3, -0.25) is 25.0 Å². The van der Waals surface area contributed by atoms with Crippen molar-refractivity contribution >= 4 is 62.7 Å². The van der Waals surface area contributed by atoms with Crippen molar-refractivity contribution in [2.45, 2.75) is 44.8 Å². The Morgan fingerprint density at radius 3 is 2.76 bits per heavy atom. The number of carbonyl (C=O) groups excluding carboxylic acids is 4. The molecule has 1 unspecified atom stereocenters. The number of nitrogens with one attached hydrogen (secondary N) is 3. The Hall–Kier alpha value is -3.77. The number of pyridine rings is 1. The van der Waals surface area contributed by atoms with E-state index in [2.05, 4.69) is 25.9 Å². The maximum Gasteiger partial charge on any atom is 0.321 e. The monoisotopic (exact) mass is 542 g/mol. The number of nitrogens with zero attached hydrogens (tertiary/aromatic N) is 3. The molecule has 2 aliphatic heterocycles. The molecule has 5 rings (SSSR count). The minimum atomic E-state index is -0.833. The number of urea groups is 1. The van der Waals surface area contributed by atoms with Gasteiger partial charge in [-0.05, 0) is 38.5 Å². The first-order valence-electron chi connectivity index (χ1n) is 11.4. The van der Waals surface area contributed by atoms with E-state index in [1.165, 1.54) is 22.3 Å². The Morgan fingerprint density at radius 2 is 2.03 bits per heavy atom. The van der Waals surface area contributed by atoms with Crippen molar-refractivity contribution in [1.29, 1.82) is 0 Å². The summed E-state index contributed by atoms with van der Waals surface area (Å²) < 4.78 is 6.22. The summed E-state index contributed by atoms with van der Waals surface area (Å²) in [5.41, 5.74) is 0.633. The van der Waals surface area contributed by atoms with Gasteiger partial charge in [-0.2, -0.15) is 0 Å². The van der Waals surface area contributed by atoms with Crippen LogP contribution in [0.5, 0.6) is 5.75 Å². The zero-order valence-electron chi connectivity index (χ0n) is 20.2. The van der Waals surface area contributed by atoms with Gasteiger partial charge in [0, 0.05) is 17.5 Å². The van der Waals surface area contributed by atoms with Gasteiger partial charge >= 0.3 is 6.03 Å². The molecule has 3 N–H and O–H groups in total. The molecular formula is C24H23ClN6O5S. The fraction of sp³-hybridized carbons (Fsp3) is 0.333. The van der Waals surface area contributed by atoms with Crippen LogP contribution in [0.1, 0.15) is 47.7 Å². The maximum atomic E-state index is 12.9. The number of amides is 5. The van der Waals surface area contributed by atoms with Crippen molar-refractivity contribution in [3.8, 4) is 5.75 Å². The molecular weight excluding hydrogens is 520 g/mol. The highest BCUT2D eigenvalue weighted by Crippen LogP contribution is 2.37. The van der Waals surface area contributed by atoms with Crippen LogP contribution in [0.15, 0.2) is 24.3 Å². The van der Waals surface area contributed by atoms with E-state index in [1.807, 2.05) is 13.8 Å². The minimum absolute atomic E-state index is 0.110. The third-order valence-corrected chi connectivity index (χ3v) is 7.76. The largest absolute Gasteiger partial charge is 0.494 e. The van der Waals surface area contributed by atoms with E-state index in [0.717, 1.165) is 4.70 Å². The molecule has 4 heterocycles. The average molecular weight is 543 g/mol. The number of carbonyl (C=O) groups is 4. The van der Waals surface area contributed by atoms with Gasteiger partial charge < -0.3 is 15.0 Å². The van der Waals surface area contributed by atoms with E-state index in [9.17, 15) is 19.2 Å². The summed E-state index contributed by atoms with van der Waals surface area (Å²) in [6.07, 6.45) is 0.429. The number of rotatable bonds is 5. The molecule has 3 aromatic rings. The van der Waals surface area contributed by atoms with Gasteiger partial charge in [0.05, 0.1) is 35.2 Å². The zero-order chi connectivity index (χ0) is 26.5. The molecule has 1 aromatic carbocycles. The topological polar surface area (TPSA) is 143 Å². The number of ether oxygens (including phenoxy) is 1. The SMILES string of the molecule is COc1cc(Cl)cc2sc(C(C)(C)NC(=O)Nc3ccc4c(n3)CN(C3CCC(=O)NC3=O)C4=O)nc12. The Bertz CT molecular complexity index is 1470. The fourth-order valence-electron chi connectivity index (χ4n) is 4.38. The van der Waals surface area contributed by atoms with Crippen LogP contribution in [0.4, 0.5) is 10.6 Å². The molecule has 2 aliphatic rings. The van der Waals surface area contributed by atoms with Gasteiger partial charge in [0.15, 0.2) is 0 Å². The van der Waals surface area contributed by atoms with Crippen LogP contribution in [0.25, 0.3) is 10.2 Å². The summed E-state index contributed by atoms with van der Waals surface area (Å²) in [5.74, 6) is -0.374. The van der Waals surface area contributed by atoms with Gasteiger partial charge in [-0.1, -0.05) is 11.6 Å². The summed E-state index contributed by atoms with van der Waals surface area (Å²) in [5, 5.41) is 9.06. The van der Waals surface area contributed by atoms with Crippen molar-refractivity contribution in [3.05, 3.63) is 45.6 Å². The highest BCUT2D eigenvalue weighted by Gasteiger charge is 2.40. The molecule has 2 aromatic heterocycles. The average Bonchev–Trinajstić information content (AvgIpc) is 3.40. The number of thiazole rings is 1. The molecule has 0 bridgehead atoms. The summed E-state index contributed by atoms with van der Waals surface area (Å²) in [6.45, 7) is 3.76. The molecule has 0 aliphatic carbocycles. The predicted molar refractivity (Wildman–Crippen MR) is 137 cm³/mol. The summed E-state index contributed by atoms with van der Waals surface area (Å²) in [4.78, 5) is 59.9. The molecule has 11 nitrogen and oxygen atoms in total. The Balaban J connectivity index is 1.29. The number of halogens is 1. The number of aromatic nitrogens is 2. The molecule has 13 heteroatoms. The number of anilines is 1. The summed E-state index contributed by atoms with van der Waals surface area (Å²) in [7, 11) is 1.54. The Kier molecular flexibility index (Phi) is 6.24. The molecule has 1 fully saturated rings. The molecule has 192 valence electrons. The van der Waals surface area contributed by atoms with Gasteiger partial charge in [0.1, 0.15) is 28.1 Å². The molecule has 5 amide bonds. The van der Waals surface area contributed by atoms with Crippen LogP contribution in [-0.4, -0.2) is 51.8 Å². The number of imide groups is 1. The molecule has 37 heavy (non-hydrogen) atoms. The zero-order valence-corrected chi connectivity index (χ0v) is 21.7. The fourth-order valence-corrected chi connectivity index (χ4v) is 5.73. The number of fused-ring (bicyclic) bond motifs is 2. The van der Waals surface area contributed by atoms with Crippen LogP contribution < -0.4 is 20.7 Å². The standard InChI is InChI=1S/C24H23ClN6O5S/c1-24(2,22-29-19-15(36-3)8-11(25)9-16(19)37-22)30-23(35)27-17-6-4-12-13(26-17)10-31(21(12)34)14-5-7-18(32)28-20(14)33/h4,6,8-9,14H,5,7,10H2,1-3H3,(H,28,32,33)(H2,26,27,30,35). The first-order valence-corrected chi connectivity index (χ1v) is 12.6. The van der Waals surface area contributed by atoms with E-state index in [4.69, 9.17) is 16.3 Å². The lowest BCUT2D eigenvalue weighted by molar-refractivity contribution is -0.136. The normalized spacial score (nSPS) is 17.6. The van der Waals surface area contributed by atoms with E-state index < -0.39 is 23.5 Å². The second-order valence-corrected chi connectivity index (χ2v) is 10.7. The Labute approximate surface area is 220 Å². The van der Waals surface area contributed by atoms with Crippen molar-refractivity contribution in [2.75, 3.05) is 12.4 Å². The highest BCUT2D eigenvalue weighted by molar-refractivity contribution is 7.18. The summed E-state index contributed by atoms with van der Waals surface area (Å²) >= 11 is 7.57. The molecule has 1 saturated heterocycles. The van der Waals surface area contributed by atoms with E-state index in [1.54, 1.807) is 25.3 Å². The van der Waals surface area contributed by atoms with Crippen LogP contribution in [-0.2, 0) is 21.7 Å². The van der Waals surface area contributed by atoms with Crippen LogP contribution in [0.3, 0.4) is 0 Å². The van der Waals surface area contributed by atoms with Crippen molar-refractivity contribution in [2.24, 2.45) is 0 Å². The highest BCUT2D eigenvalue weighted by atomic mass is 35.5. The minimum Gasteiger partial charge on any atom is -0.494 e. The van der Waals surface area contributed by atoms with E-state index in [-0.39, 0.29) is 37.0 Å². The maximum absolute atomic E-state index is 12.9. The number of hydrogen-bond acceptors (Lipinski definition) is 8. The Morgan fingerprint density at radius 1 is 1.24 bits per heavy atom. The molecule has 0 radical (unpaired) electrons. The molecule has 1 atom stereocenters. The lowest BCUT2D eigenvalue weighted by Gasteiger charge is -2.29. The third-order valence-electron chi connectivity index (χ3n) is 6.22. The second kappa shape index (κ2) is 9.27.